The summed E-state index contributed by atoms with van der Waals surface area (Å²) in [5.74, 6) is -1.50. The van der Waals surface area contributed by atoms with Crippen molar-refractivity contribution in [2.24, 2.45) is 5.73 Å². The number of primary amides is 1. The van der Waals surface area contributed by atoms with Gasteiger partial charge in [-0.1, -0.05) is 17.7 Å². The van der Waals surface area contributed by atoms with Gasteiger partial charge in [-0.25, -0.2) is 4.79 Å². The normalized spacial score (nSPS) is 19.8. The maximum absolute atomic E-state index is 11.0. The number of hydrogen-bond acceptors (Lipinski definition) is 4. The summed E-state index contributed by atoms with van der Waals surface area (Å²) in [7, 11) is 0. The number of hydrogen-bond donors (Lipinski definition) is 2. The van der Waals surface area contributed by atoms with Gasteiger partial charge in [0.25, 0.3) is 0 Å². The molecule has 1 fully saturated rings. The Morgan fingerprint density at radius 3 is 2.85 bits per heavy atom. The molecule has 1 aliphatic heterocycles. The minimum Gasteiger partial charge on any atom is -0.479 e. The highest BCUT2D eigenvalue weighted by atomic mass is 35.5. The maximum Gasteiger partial charge on any atom is 0.334 e. The van der Waals surface area contributed by atoms with E-state index in [-0.39, 0.29) is 0 Å². The van der Waals surface area contributed by atoms with Crippen LogP contribution in [-0.4, -0.2) is 47.7 Å². The molecule has 3 N–H and O–H groups in total. The van der Waals surface area contributed by atoms with E-state index in [0.29, 0.717) is 36.8 Å². The van der Waals surface area contributed by atoms with E-state index in [0.717, 1.165) is 5.56 Å². The lowest BCUT2D eigenvalue weighted by Gasteiger charge is -2.31. The fourth-order valence-electron chi connectivity index (χ4n) is 2.07. The molecule has 1 heterocycles. The third-order valence-corrected chi connectivity index (χ3v) is 3.51. The van der Waals surface area contributed by atoms with E-state index in [1.807, 2.05) is 4.90 Å². The number of aliphatic carboxylic acids is 1. The Balaban J connectivity index is 2.06. The van der Waals surface area contributed by atoms with Gasteiger partial charge in [-0.3, -0.25) is 9.69 Å². The number of nitrogens with two attached hydrogens (primary N) is 1. The van der Waals surface area contributed by atoms with Crippen molar-refractivity contribution in [1.82, 2.24) is 4.90 Å². The lowest BCUT2D eigenvalue weighted by molar-refractivity contribution is -0.156. The smallest absolute Gasteiger partial charge is 0.334 e. The number of amides is 1. The highest BCUT2D eigenvalue weighted by Gasteiger charge is 2.26. The molecule has 0 bridgehead atoms. The summed E-state index contributed by atoms with van der Waals surface area (Å²) in [6.45, 7) is 1.82. The lowest BCUT2D eigenvalue weighted by atomic mass is 10.1. The molecular formula is C13H15ClN2O4. The van der Waals surface area contributed by atoms with Crippen LogP contribution in [0.2, 0.25) is 5.02 Å². The maximum atomic E-state index is 11.0. The van der Waals surface area contributed by atoms with Crippen LogP contribution in [0.15, 0.2) is 18.2 Å². The molecule has 0 saturated carbocycles. The molecule has 7 heteroatoms. The number of carboxylic acid groups (broad SMARTS) is 1. The van der Waals surface area contributed by atoms with Gasteiger partial charge in [0.05, 0.1) is 6.61 Å². The fourth-order valence-corrected chi connectivity index (χ4v) is 2.31. The van der Waals surface area contributed by atoms with Crippen LogP contribution in [0, 0.1) is 0 Å². The van der Waals surface area contributed by atoms with Crippen LogP contribution < -0.4 is 5.73 Å². The van der Waals surface area contributed by atoms with E-state index in [9.17, 15) is 9.59 Å². The number of ether oxygens (including phenoxy) is 1. The second-order valence-electron chi connectivity index (χ2n) is 4.60. The first-order chi connectivity index (χ1) is 9.47. The summed E-state index contributed by atoms with van der Waals surface area (Å²) in [6.07, 6.45) is -0.813. The Morgan fingerprint density at radius 2 is 2.25 bits per heavy atom. The molecule has 1 unspecified atom stereocenters. The lowest BCUT2D eigenvalue weighted by Crippen LogP contribution is -2.45. The van der Waals surface area contributed by atoms with Gasteiger partial charge in [0.15, 0.2) is 6.10 Å². The molecule has 1 atom stereocenters. The van der Waals surface area contributed by atoms with Gasteiger partial charge in [0, 0.05) is 30.2 Å². The monoisotopic (exact) mass is 298 g/mol. The first-order valence-corrected chi connectivity index (χ1v) is 6.50. The van der Waals surface area contributed by atoms with Crippen molar-refractivity contribution in [2.75, 3.05) is 19.7 Å². The number of morpholine rings is 1. The molecule has 1 aromatic rings. The molecule has 2 rings (SSSR count). The first kappa shape index (κ1) is 14.8. The van der Waals surface area contributed by atoms with Crippen LogP contribution in [0.25, 0.3) is 0 Å². The highest BCUT2D eigenvalue weighted by Crippen LogP contribution is 2.20. The molecule has 0 spiro atoms. The molecule has 1 aromatic carbocycles. The molecule has 1 amide bonds. The second-order valence-corrected chi connectivity index (χ2v) is 5.01. The average Bonchev–Trinajstić information content (AvgIpc) is 2.41. The Labute approximate surface area is 121 Å². The zero-order valence-corrected chi connectivity index (χ0v) is 11.5. The van der Waals surface area contributed by atoms with Gasteiger partial charge >= 0.3 is 5.97 Å². The molecular weight excluding hydrogens is 284 g/mol. The van der Waals surface area contributed by atoms with E-state index in [1.165, 1.54) is 6.07 Å². The SMILES string of the molecule is NC(=O)c1ccc(CN2CCOC(C(=O)O)C2)c(Cl)c1. The van der Waals surface area contributed by atoms with E-state index in [1.54, 1.807) is 12.1 Å². The number of benzene rings is 1. The van der Waals surface area contributed by atoms with Crippen LogP contribution in [-0.2, 0) is 16.1 Å². The molecule has 6 nitrogen and oxygen atoms in total. The Kier molecular flexibility index (Phi) is 4.59. The molecule has 20 heavy (non-hydrogen) atoms. The van der Waals surface area contributed by atoms with Crippen molar-refractivity contribution in [1.29, 1.82) is 0 Å². The number of carbonyl (C=O) groups is 2. The molecule has 0 aromatic heterocycles. The summed E-state index contributed by atoms with van der Waals surface area (Å²) in [5.41, 5.74) is 6.35. The van der Waals surface area contributed by atoms with Crippen LogP contribution in [0.4, 0.5) is 0 Å². The van der Waals surface area contributed by atoms with Gasteiger partial charge in [0.1, 0.15) is 0 Å². The molecule has 0 aliphatic carbocycles. The van der Waals surface area contributed by atoms with Crippen molar-refractivity contribution in [3.05, 3.63) is 34.3 Å². The minimum absolute atomic E-state index is 0.309. The number of nitrogens with zero attached hydrogens (tertiary/aromatic N) is 1. The van der Waals surface area contributed by atoms with E-state index < -0.39 is 18.0 Å². The van der Waals surface area contributed by atoms with Crippen molar-refractivity contribution in [3.63, 3.8) is 0 Å². The van der Waals surface area contributed by atoms with Crippen molar-refractivity contribution >= 4 is 23.5 Å². The topological polar surface area (TPSA) is 92.9 Å². The summed E-state index contributed by atoms with van der Waals surface area (Å²) < 4.78 is 5.15. The Morgan fingerprint density at radius 1 is 1.50 bits per heavy atom. The van der Waals surface area contributed by atoms with Gasteiger partial charge in [-0.15, -0.1) is 0 Å². The average molecular weight is 299 g/mol. The largest absolute Gasteiger partial charge is 0.479 e. The first-order valence-electron chi connectivity index (χ1n) is 6.12. The van der Waals surface area contributed by atoms with E-state index in [4.69, 9.17) is 27.2 Å². The number of carbonyl (C=O) groups excluding carboxylic acids is 1. The molecule has 1 saturated heterocycles. The summed E-state index contributed by atoms with van der Waals surface area (Å²) in [6, 6.07) is 4.86. The van der Waals surface area contributed by atoms with E-state index >= 15 is 0 Å². The summed E-state index contributed by atoms with van der Waals surface area (Å²) in [5, 5.41) is 9.39. The summed E-state index contributed by atoms with van der Waals surface area (Å²) in [4.78, 5) is 23.9. The van der Waals surface area contributed by atoms with Crippen molar-refractivity contribution in [2.45, 2.75) is 12.6 Å². The van der Waals surface area contributed by atoms with Gasteiger partial charge < -0.3 is 15.6 Å². The standard InChI is InChI=1S/C13H15ClN2O4/c14-10-5-8(12(15)17)1-2-9(10)6-16-3-4-20-11(7-16)13(18)19/h1-2,5,11H,3-4,6-7H2,(H2,15,17)(H,18,19). The third kappa shape index (κ3) is 3.47. The molecule has 0 radical (unpaired) electrons. The fraction of sp³-hybridized carbons (Fsp3) is 0.385. The quantitative estimate of drug-likeness (QED) is 0.854. The van der Waals surface area contributed by atoms with Gasteiger partial charge in [0.2, 0.25) is 5.91 Å². The minimum atomic E-state index is -0.968. The Hall–Kier alpha value is -1.63. The zero-order valence-electron chi connectivity index (χ0n) is 10.7. The zero-order chi connectivity index (χ0) is 14.7. The number of carboxylic acids is 1. The van der Waals surface area contributed by atoms with Crippen LogP contribution in [0.1, 0.15) is 15.9 Å². The van der Waals surface area contributed by atoms with Crippen LogP contribution in [0.5, 0.6) is 0 Å². The third-order valence-electron chi connectivity index (χ3n) is 3.16. The highest BCUT2D eigenvalue weighted by molar-refractivity contribution is 6.31. The van der Waals surface area contributed by atoms with Crippen LogP contribution >= 0.6 is 11.6 Å². The van der Waals surface area contributed by atoms with Gasteiger partial charge in [-0.2, -0.15) is 0 Å². The van der Waals surface area contributed by atoms with Crippen molar-refractivity contribution in [3.8, 4) is 0 Å². The van der Waals surface area contributed by atoms with Crippen molar-refractivity contribution < 1.29 is 19.4 Å². The van der Waals surface area contributed by atoms with E-state index in [2.05, 4.69) is 0 Å². The summed E-state index contributed by atoms with van der Waals surface area (Å²) >= 11 is 6.11. The molecule has 108 valence electrons. The predicted octanol–water partition coefficient (Wildman–Crippen LogP) is 0.724. The molecule has 1 aliphatic rings. The number of rotatable bonds is 4. The van der Waals surface area contributed by atoms with Crippen LogP contribution in [0.3, 0.4) is 0 Å². The van der Waals surface area contributed by atoms with Gasteiger partial charge in [-0.05, 0) is 17.7 Å². The predicted molar refractivity (Wildman–Crippen MR) is 72.6 cm³/mol. The Bertz CT molecular complexity index is 535. The second kappa shape index (κ2) is 6.21. The number of halogens is 1.